The highest BCUT2D eigenvalue weighted by molar-refractivity contribution is 5.94. The van der Waals surface area contributed by atoms with Crippen molar-refractivity contribution in [3.05, 3.63) is 134 Å². The summed E-state index contributed by atoms with van der Waals surface area (Å²) in [6.45, 7) is 0. The van der Waals surface area contributed by atoms with Crippen LogP contribution < -0.4 is 9.47 Å². The number of rotatable bonds is 10. The van der Waals surface area contributed by atoms with E-state index in [4.69, 9.17) is 9.47 Å². The maximum Gasteiger partial charge on any atom is 0.454 e. The molecule has 38 heavy (non-hydrogen) atoms. The fourth-order valence-corrected chi connectivity index (χ4v) is 2.06. The molecule has 2 rings (SSSR count). The second-order valence-corrected chi connectivity index (χ2v) is 6.73. The Morgan fingerprint density at radius 1 is 0.500 bits per heavy atom. The minimum atomic E-state index is -4.82. The highest BCUT2D eigenvalue weighted by atomic mass is 19.4. The number of alkyl halides is 6. The van der Waals surface area contributed by atoms with Crippen LogP contribution in [0.15, 0.2) is 134 Å². The Hall–Kier alpha value is -4.60. The molecule has 0 aliphatic carbocycles. The van der Waals surface area contributed by atoms with Crippen LogP contribution >= 0.6 is 0 Å². The Morgan fingerprint density at radius 2 is 0.816 bits per heavy atom. The second kappa shape index (κ2) is 17.0. The standard InChI is InChI=1S/2C14H11F3O2/c2*15-14(16,17)13(18)10-6-1-2-7-11-19-12-8-4-3-5-9-12/h2*1-11H. The van der Waals surface area contributed by atoms with Gasteiger partial charge in [0, 0.05) is 0 Å². The monoisotopic (exact) mass is 536 g/mol. The third-order valence-electron chi connectivity index (χ3n) is 3.77. The van der Waals surface area contributed by atoms with Crippen LogP contribution in [0.5, 0.6) is 11.5 Å². The van der Waals surface area contributed by atoms with Gasteiger partial charge in [-0.15, -0.1) is 0 Å². The molecule has 0 aromatic heterocycles. The molecule has 0 saturated carbocycles. The van der Waals surface area contributed by atoms with Crippen molar-refractivity contribution in [3.8, 4) is 11.5 Å². The predicted octanol–water partition coefficient (Wildman–Crippen LogP) is 7.65. The molecule has 0 N–H and O–H groups in total. The first-order valence-corrected chi connectivity index (χ1v) is 10.7. The van der Waals surface area contributed by atoms with Crippen LogP contribution in [0.2, 0.25) is 0 Å². The Balaban J connectivity index is 0.000000380. The molecule has 0 atom stereocenters. The summed E-state index contributed by atoms with van der Waals surface area (Å²) in [4.78, 5) is 20.9. The molecule has 0 bridgehead atoms. The summed E-state index contributed by atoms with van der Waals surface area (Å²) < 4.78 is 81.2. The first-order chi connectivity index (χ1) is 18.0. The number of ketones is 2. The molecule has 0 unspecified atom stereocenters. The van der Waals surface area contributed by atoms with Crippen LogP contribution in [-0.2, 0) is 9.59 Å². The average Bonchev–Trinajstić information content (AvgIpc) is 2.88. The molecule has 0 heterocycles. The Labute approximate surface area is 215 Å². The Morgan fingerprint density at radius 3 is 1.13 bits per heavy atom. The van der Waals surface area contributed by atoms with E-state index in [9.17, 15) is 35.9 Å². The lowest BCUT2D eigenvalue weighted by atomic mass is 10.3. The number of ether oxygens (including phenoxy) is 2. The molecule has 0 fully saturated rings. The molecule has 4 nitrogen and oxygen atoms in total. The molecule has 2 aromatic carbocycles. The summed E-state index contributed by atoms with van der Waals surface area (Å²) in [5.41, 5.74) is 0. The molecule has 2 aromatic rings. The van der Waals surface area contributed by atoms with Gasteiger partial charge >= 0.3 is 12.4 Å². The lowest BCUT2D eigenvalue weighted by Crippen LogP contribution is -2.19. The van der Waals surface area contributed by atoms with E-state index in [0.717, 1.165) is 12.2 Å². The summed E-state index contributed by atoms with van der Waals surface area (Å²) in [6, 6.07) is 18.0. The number of hydrogen-bond donors (Lipinski definition) is 0. The highest BCUT2D eigenvalue weighted by Gasteiger charge is 2.36. The van der Waals surface area contributed by atoms with Gasteiger partial charge in [-0.25, -0.2) is 0 Å². The molecule has 0 radical (unpaired) electrons. The van der Waals surface area contributed by atoms with Gasteiger partial charge in [-0.2, -0.15) is 26.3 Å². The zero-order valence-electron chi connectivity index (χ0n) is 19.6. The van der Waals surface area contributed by atoms with Crippen molar-refractivity contribution in [1.29, 1.82) is 0 Å². The van der Waals surface area contributed by atoms with E-state index in [1.807, 2.05) is 36.4 Å². The molecule has 10 heteroatoms. The Kier molecular flexibility index (Phi) is 14.0. The fraction of sp³-hybridized carbons (Fsp3) is 0.0714. The zero-order valence-corrected chi connectivity index (χ0v) is 19.6. The number of benzene rings is 2. The maximum atomic E-state index is 11.8. The first kappa shape index (κ1) is 31.4. The smallest absolute Gasteiger partial charge is 0.454 e. The van der Waals surface area contributed by atoms with Gasteiger partial charge in [0.25, 0.3) is 11.6 Å². The first-order valence-electron chi connectivity index (χ1n) is 10.7. The minimum absolute atomic E-state index is 0.461. The lowest BCUT2D eigenvalue weighted by molar-refractivity contribution is -0.165. The van der Waals surface area contributed by atoms with Gasteiger partial charge in [0.05, 0.1) is 12.5 Å². The van der Waals surface area contributed by atoms with Crippen LogP contribution in [-0.4, -0.2) is 23.9 Å². The molecule has 0 amide bonds. The molecule has 0 saturated heterocycles. The maximum absolute atomic E-state index is 11.8. The van der Waals surface area contributed by atoms with Crippen molar-refractivity contribution < 1.29 is 45.4 Å². The fourth-order valence-electron chi connectivity index (χ4n) is 2.06. The van der Waals surface area contributed by atoms with E-state index in [0.29, 0.717) is 23.7 Å². The van der Waals surface area contributed by atoms with E-state index in [1.54, 1.807) is 24.3 Å². The van der Waals surface area contributed by atoms with Crippen molar-refractivity contribution in [2.24, 2.45) is 0 Å². The van der Waals surface area contributed by atoms with E-state index in [-0.39, 0.29) is 0 Å². The number of hydrogen-bond acceptors (Lipinski definition) is 4. The SMILES string of the molecule is O=C(C=CC=CC=COc1ccccc1)C(F)(F)F.O=C(C=CC=CC=COc1ccccc1)C(F)(F)F. The molecule has 0 spiro atoms. The Bertz CT molecular complexity index is 1060. The van der Waals surface area contributed by atoms with Crippen LogP contribution in [0.4, 0.5) is 26.3 Å². The van der Waals surface area contributed by atoms with Gasteiger partial charge in [0.1, 0.15) is 11.5 Å². The topological polar surface area (TPSA) is 52.6 Å². The van der Waals surface area contributed by atoms with Gasteiger partial charge in [-0.3, -0.25) is 9.59 Å². The van der Waals surface area contributed by atoms with Crippen molar-refractivity contribution in [2.45, 2.75) is 12.4 Å². The number of para-hydroxylation sites is 2. The summed E-state index contributed by atoms with van der Waals surface area (Å²) in [7, 11) is 0. The third kappa shape index (κ3) is 15.4. The molecule has 0 aliphatic heterocycles. The van der Waals surface area contributed by atoms with Crippen LogP contribution in [0.3, 0.4) is 0 Å². The van der Waals surface area contributed by atoms with E-state index >= 15 is 0 Å². The zero-order chi connectivity index (χ0) is 28.3. The summed E-state index contributed by atoms with van der Waals surface area (Å²) >= 11 is 0. The summed E-state index contributed by atoms with van der Waals surface area (Å²) in [5.74, 6) is -2.48. The van der Waals surface area contributed by atoms with Gasteiger partial charge in [0.2, 0.25) is 0 Å². The predicted molar refractivity (Wildman–Crippen MR) is 131 cm³/mol. The third-order valence-corrected chi connectivity index (χ3v) is 3.77. The van der Waals surface area contributed by atoms with Gasteiger partial charge < -0.3 is 9.47 Å². The lowest BCUT2D eigenvalue weighted by Gasteiger charge is -1.97. The summed E-state index contributed by atoms with van der Waals surface area (Å²) in [5, 5.41) is 0. The second-order valence-electron chi connectivity index (χ2n) is 6.73. The van der Waals surface area contributed by atoms with Crippen LogP contribution in [0, 0.1) is 0 Å². The normalized spacial score (nSPS) is 12.6. The number of carbonyl (C=O) groups is 2. The van der Waals surface area contributed by atoms with E-state index < -0.39 is 23.9 Å². The van der Waals surface area contributed by atoms with Gasteiger partial charge in [0.15, 0.2) is 0 Å². The van der Waals surface area contributed by atoms with Crippen molar-refractivity contribution in [1.82, 2.24) is 0 Å². The van der Waals surface area contributed by atoms with Gasteiger partial charge in [-0.1, -0.05) is 72.9 Å². The number of carbonyl (C=O) groups excluding carboxylic acids is 2. The number of allylic oxidation sites excluding steroid dienone is 10. The van der Waals surface area contributed by atoms with Crippen molar-refractivity contribution in [2.75, 3.05) is 0 Å². The van der Waals surface area contributed by atoms with E-state index in [1.165, 1.54) is 49.0 Å². The van der Waals surface area contributed by atoms with Crippen LogP contribution in [0.1, 0.15) is 0 Å². The highest BCUT2D eigenvalue weighted by Crippen LogP contribution is 2.17. The quantitative estimate of drug-likeness (QED) is 0.136. The minimum Gasteiger partial charge on any atom is -0.465 e. The van der Waals surface area contributed by atoms with E-state index in [2.05, 4.69) is 0 Å². The largest absolute Gasteiger partial charge is 0.465 e. The molecular weight excluding hydrogens is 514 g/mol. The van der Waals surface area contributed by atoms with Crippen molar-refractivity contribution >= 4 is 11.6 Å². The van der Waals surface area contributed by atoms with Crippen molar-refractivity contribution in [3.63, 3.8) is 0 Å². The molecule has 200 valence electrons. The van der Waals surface area contributed by atoms with Crippen LogP contribution in [0.25, 0.3) is 0 Å². The van der Waals surface area contributed by atoms with Gasteiger partial charge in [-0.05, 0) is 48.6 Å². The molecule has 0 aliphatic rings. The summed E-state index contributed by atoms with van der Waals surface area (Å²) in [6.07, 6.45) is 4.56. The molecular formula is C28H22F6O4. The average molecular weight is 536 g/mol. The number of halogens is 6.